The number of hydrogen-bond acceptors (Lipinski definition) is 3. The minimum Gasteiger partial charge on any atom is -0.387 e. The molecular weight excluding hydrogens is 326 g/mol. The molecule has 0 saturated heterocycles. The number of nitrogens with one attached hydrogen (secondary N) is 1. The molecule has 0 amide bonds. The molecule has 0 saturated carbocycles. The molecule has 138 valence electrons. The summed E-state index contributed by atoms with van der Waals surface area (Å²) >= 11 is 0. The SMILES string of the molecule is C=C(C(O)CNS(=O)(=O)C(C)(C)C)C(CCCCC)[Si](C)(C)C. The van der Waals surface area contributed by atoms with Crippen molar-refractivity contribution >= 4 is 18.1 Å². The third kappa shape index (κ3) is 7.50. The number of hydrogen-bond donors (Lipinski definition) is 2. The Bertz CT molecular complexity index is 475. The maximum atomic E-state index is 12.1. The molecule has 0 bridgehead atoms. The Balaban J connectivity index is 4.88. The first-order valence-electron chi connectivity index (χ1n) is 8.60. The molecule has 0 aromatic heterocycles. The number of sulfonamides is 1. The van der Waals surface area contributed by atoms with Crippen molar-refractivity contribution in [2.45, 2.75) is 89.4 Å². The van der Waals surface area contributed by atoms with Gasteiger partial charge in [-0.15, -0.1) is 0 Å². The standard InChI is InChI=1S/C17H37NO3SSi/c1-9-10-11-12-16(23(6,7)8)14(2)15(19)13-18-22(20,21)17(3,4)5/h15-16,18-19H,2,9-13H2,1,3-8H3. The highest BCUT2D eigenvalue weighted by Gasteiger charge is 2.33. The highest BCUT2D eigenvalue weighted by atomic mass is 32.2. The highest BCUT2D eigenvalue weighted by molar-refractivity contribution is 7.90. The molecular formula is C17H37NO3SSi. The van der Waals surface area contributed by atoms with Crippen molar-refractivity contribution in [3.8, 4) is 0 Å². The summed E-state index contributed by atoms with van der Waals surface area (Å²) in [6.45, 7) is 18.1. The quantitative estimate of drug-likeness (QED) is 0.351. The minimum atomic E-state index is -3.45. The van der Waals surface area contributed by atoms with Gasteiger partial charge in [0.15, 0.2) is 0 Å². The van der Waals surface area contributed by atoms with E-state index in [4.69, 9.17) is 0 Å². The van der Waals surface area contributed by atoms with E-state index in [0.29, 0.717) is 5.54 Å². The van der Waals surface area contributed by atoms with Crippen molar-refractivity contribution in [1.82, 2.24) is 4.72 Å². The number of unbranched alkanes of at least 4 members (excludes halogenated alkanes) is 2. The van der Waals surface area contributed by atoms with Gasteiger partial charge in [0.2, 0.25) is 10.0 Å². The van der Waals surface area contributed by atoms with Crippen LogP contribution >= 0.6 is 0 Å². The van der Waals surface area contributed by atoms with Crippen LogP contribution in [0, 0.1) is 0 Å². The fourth-order valence-corrected chi connectivity index (χ4v) is 5.73. The van der Waals surface area contributed by atoms with Gasteiger partial charge >= 0.3 is 0 Å². The molecule has 23 heavy (non-hydrogen) atoms. The lowest BCUT2D eigenvalue weighted by atomic mass is 10.0. The predicted octanol–water partition coefficient (Wildman–Crippen LogP) is 3.91. The lowest BCUT2D eigenvalue weighted by molar-refractivity contribution is 0.209. The first-order chi connectivity index (χ1) is 10.2. The van der Waals surface area contributed by atoms with Gasteiger partial charge in [-0.25, -0.2) is 13.1 Å². The van der Waals surface area contributed by atoms with Crippen LogP contribution in [-0.4, -0.2) is 39.0 Å². The molecule has 0 aromatic rings. The van der Waals surface area contributed by atoms with Crippen LogP contribution in [0.2, 0.25) is 25.2 Å². The van der Waals surface area contributed by atoms with Crippen LogP contribution in [0.15, 0.2) is 12.2 Å². The Morgan fingerprint density at radius 3 is 2.13 bits per heavy atom. The normalized spacial score (nSPS) is 16.2. The second-order valence-corrected chi connectivity index (χ2v) is 16.4. The van der Waals surface area contributed by atoms with E-state index in [1.54, 1.807) is 20.8 Å². The minimum absolute atomic E-state index is 0.00714. The van der Waals surface area contributed by atoms with Crippen LogP contribution in [0.25, 0.3) is 0 Å². The molecule has 0 aromatic carbocycles. The molecule has 2 N–H and O–H groups in total. The summed E-state index contributed by atoms with van der Waals surface area (Å²) in [6.07, 6.45) is 3.68. The van der Waals surface area contributed by atoms with Crippen molar-refractivity contribution < 1.29 is 13.5 Å². The second-order valence-electron chi connectivity index (χ2n) is 8.47. The van der Waals surface area contributed by atoms with Gasteiger partial charge < -0.3 is 5.11 Å². The second kappa shape index (κ2) is 8.79. The first-order valence-corrected chi connectivity index (χ1v) is 13.7. The van der Waals surface area contributed by atoms with E-state index in [1.165, 1.54) is 12.8 Å². The molecule has 0 aliphatic rings. The molecule has 0 fully saturated rings. The highest BCUT2D eigenvalue weighted by Crippen LogP contribution is 2.35. The maximum Gasteiger partial charge on any atom is 0.216 e. The van der Waals surface area contributed by atoms with Crippen LogP contribution in [0.1, 0.15) is 53.4 Å². The molecule has 4 nitrogen and oxygen atoms in total. The zero-order valence-corrected chi connectivity index (χ0v) is 17.9. The van der Waals surface area contributed by atoms with Crippen molar-refractivity contribution in [2.75, 3.05) is 6.54 Å². The van der Waals surface area contributed by atoms with E-state index in [1.807, 2.05) is 0 Å². The fraction of sp³-hybridized carbons (Fsp3) is 0.882. The van der Waals surface area contributed by atoms with Gasteiger partial charge in [-0.1, -0.05) is 52.4 Å². The summed E-state index contributed by atoms with van der Waals surface area (Å²) in [5.74, 6) is 0. The molecule has 0 aliphatic heterocycles. The van der Waals surface area contributed by atoms with Gasteiger partial charge in [0.1, 0.15) is 0 Å². The Kier molecular flexibility index (Phi) is 8.72. The molecule has 0 heterocycles. The van der Waals surface area contributed by atoms with E-state index in [0.717, 1.165) is 18.4 Å². The van der Waals surface area contributed by atoms with Crippen LogP contribution < -0.4 is 4.72 Å². The van der Waals surface area contributed by atoms with Crippen molar-refractivity contribution in [1.29, 1.82) is 0 Å². The molecule has 2 atom stereocenters. The Labute approximate surface area is 144 Å². The van der Waals surface area contributed by atoms with Crippen LogP contribution in [0.3, 0.4) is 0 Å². The van der Waals surface area contributed by atoms with E-state index in [2.05, 4.69) is 37.9 Å². The van der Waals surface area contributed by atoms with Crippen LogP contribution in [0.5, 0.6) is 0 Å². The Morgan fingerprint density at radius 1 is 1.22 bits per heavy atom. The average molecular weight is 364 g/mol. The molecule has 2 unspecified atom stereocenters. The van der Waals surface area contributed by atoms with Crippen molar-refractivity contribution in [2.24, 2.45) is 0 Å². The summed E-state index contributed by atoms with van der Waals surface area (Å²) < 4.78 is 25.9. The monoisotopic (exact) mass is 363 g/mol. The van der Waals surface area contributed by atoms with Gasteiger partial charge in [0.25, 0.3) is 0 Å². The summed E-state index contributed by atoms with van der Waals surface area (Å²) in [7, 11) is -4.96. The molecule has 0 radical (unpaired) electrons. The van der Waals surface area contributed by atoms with Gasteiger partial charge in [-0.2, -0.15) is 0 Å². The zero-order valence-electron chi connectivity index (χ0n) is 16.1. The number of aliphatic hydroxyl groups excluding tert-OH is 1. The maximum absolute atomic E-state index is 12.1. The largest absolute Gasteiger partial charge is 0.387 e. The molecule has 6 heteroatoms. The van der Waals surface area contributed by atoms with Crippen molar-refractivity contribution in [3.63, 3.8) is 0 Å². The predicted molar refractivity (Wildman–Crippen MR) is 103 cm³/mol. The average Bonchev–Trinajstić information content (AvgIpc) is 2.37. The Morgan fingerprint density at radius 2 is 1.74 bits per heavy atom. The zero-order chi connectivity index (χ0) is 18.5. The van der Waals surface area contributed by atoms with E-state index in [9.17, 15) is 13.5 Å². The Hall–Kier alpha value is -0.173. The molecule has 0 rings (SSSR count). The lowest BCUT2D eigenvalue weighted by Gasteiger charge is -2.33. The third-order valence-corrected chi connectivity index (χ3v) is 9.20. The summed E-state index contributed by atoms with van der Waals surface area (Å²) in [4.78, 5) is 0. The van der Waals surface area contributed by atoms with E-state index < -0.39 is 28.9 Å². The van der Waals surface area contributed by atoms with Gasteiger partial charge in [-0.3, -0.25) is 0 Å². The smallest absolute Gasteiger partial charge is 0.216 e. The molecule has 0 aliphatic carbocycles. The van der Waals surface area contributed by atoms with Crippen LogP contribution in [0.4, 0.5) is 0 Å². The number of aliphatic hydroxyl groups is 1. The first kappa shape index (κ1) is 22.8. The lowest BCUT2D eigenvalue weighted by Crippen LogP contribution is -2.44. The topological polar surface area (TPSA) is 66.4 Å². The summed E-state index contributed by atoms with van der Waals surface area (Å²) in [6, 6.07) is 0. The fourth-order valence-electron chi connectivity index (χ4n) is 2.54. The van der Waals surface area contributed by atoms with E-state index >= 15 is 0 Å². The number of rotatable bonds is 10. The molecule has 0 spiro atoms. The third-order valence-electron chi connectivity index (χ3n) is 4.29. The van der Waals surface area contributed by atoms with Gasteiger partial charge in [0.05, 0.1) is 18.9 Å². The summed E-state index contributed by atoms with van der Waals surface area (Å²) in [5.41, 5.74) is 1.10. The van der Waals surface area contributed by atoms with Gasteiger partial charge in [-0.05, 0) is 38.3 Å². The van der Waals surface area contributed by atoms with Crippen molar-refractivity contribution in [3.05, 3.63) is 12.2 Å². The summed E-state index contributed by atoms with van der Waals surface area (Å²) in [5, 5.41) is 10.4. The van der Waals surface area contributed by atoms with Gasteiger partial charge in [0, 0.05) is 6.54 Å². The van der Waals surface area contributed by atoms with Crippen LogP contribution in [-0.2, 0) is 10.0 Å². The van der Waals surface area contributed by atoms with E-state index in [-0.39, 0.29) is 6.54 Å².